The molecule has 0 saturated heterocycles. The number of rotatable bonds is 4. The lowest BCUT2D eigenvalue weighted by Crippen LogP contribution is -1.91. The van der Waals surface area contributed by atoms with Crippen molar-refractivity contribution in [1.82, 2.24) is 20.1 Å². The fourth-order valence-electron chi connectivity index (χ4n) is 1.69. The predicted octanol–water partition coefficient (Wildman–Crippen LogP) is 3.67. The molecule has 0 aromatic carbocycles. The van der Waals surface area contributed by atoms with Gasteiger partial charge in [-0.3, -0.25) is 0 Å². The highest BCUT2D eigenvalue weighted by molar-refractivity contribution is 7.13. The summed E-state index contributed by atoms with van der Waals surface area (Å²) in [4.78, 5) is 13.3. The van der Waals surface area contributed by atoms with Crippen molar-refractivity contribution < 1.29 is 4.52 Å². The number of aryl methyl sites for hydroxylation is 1. The van der Waals surface area contributed by atoms with E-state index in [-0.39, 0.29) is 0 Å². The Balaban J connectivity index is 1.76. The first kappa shape index (κ1) is 13.4. The average Bonchev–Trinajstić information content (AvgIpc) is 3.09. The molecule has 3 heterocycles. The molecule has 0 spiro atoms. The lowest BCUT2D eigenvalue weighted by molar-refractivity contribution is 0.385. The summed E-state index contributed by atoms with van der Waals surface area (Å²) in [6.45, 7) is 6.22. The van der Waals surface area contributed by atoms with Crippen molar-refractivity contribution in [3.8, 4) is 10.8 Å². The fraction of sp³-hybridized carbons (Fsp3) is 0.385. The van der Waals surface area contributed by atoms with Gasteiger partial charge in [0.25, 0.3) is 0 Å². The van der Waals surface area contributed by atoms with Crippen molar-refractivity contribution >= 4 is 22.7 Å². The first-order valence-electron chi connectivity index (χ1n) is 6.31. The highest BCUT2D eigenvalue weighted by Crippen LogP contribution is 2.23. The second-order valence-corrected chi connectivity index (χ2v) is 6.56. The van der Waals surface area contributed by atoms with Gasteiger partial charge in [-0.25, -0.2) is 9.97 Å². The average molecular weight is 306 g/mol. The summed E-state index contributed by atoms with van der Waals surface area (Å²) in [6, 6.07) is 0. The Labute approximate surface area is 124 Å². The molecule has 0 N–H and O–H groups in total. The van der Waals surface area contributed by atoms with Crippen molar-refractivity contribution in [3.63, 3.8) is 0 Å². The first-order valence-corrected chi connectivity index (χ1v) is 8.07. The number of nitrogens with zero attached hydrogens (tertiary/aromatic N) is 4. The van der Waals surface area contributed by atoms with E-state index >= 15 is 0 Å². The third kappa shape index (κ3) is 2.78. The second kappa shape index (κ2) is 5.41. The standard InChI is InChI=1S/C13H14N4OS2/c1-7(2)12-15-9(6-20-12)4-10-16-11(17-18-10)13-14-8(3)5-19-13/h5-7H,4H2,1-3H3. The molecule has 0 radical (unpaired) electrons. The van der Waals surface area contributed by atoms with Crippen LogP contribution in [0.2, 0.25) is 0 Å². The van der Waals surface area contributed by atoms with Crippen LogP contribution in [0, 0.1) is 6.92 Å². The number of thiazole rings is 2. The molecule has 20 heavy (non-hydrogen) atoms. The van der Waals surface area contributed by atoms with Crippen LogP contribution in [0.3, 0.4) is 0 Å². The maximum atomic E-state index is 5.27. The van der Waals surface area contributed by atoms with Gasteiger partial charge in [0.05, 0.1) is 17.1 Å². The van der Waals surface area contributed by atoms with Crippen LogP contribution in [0.4, 0.5) is 0 Å². The molecule has 0 aliphatic heterocycles. The van der Waals surface area contributed by atoms with E-state index in [1.165, 1.54) is 11.3 Å². The van der Waals surface area contributed by atoms with Crippen molar-refractivity contribution in [2.45, 2.75) is 33.1 Å². The maximum absolute atomic E-state index is 5.27. The van der Waals surface area contributed by atoms with E-state index < -0.39 is 0 Å². The molecule has 7 heteroatoms. The Kier molecular flexibility index (Phi) is 3.62. The number of hydrogen-bond donors (Lipinski definition) is 0. The molecule has 0 fully saturated rings. The van der Waals surface area contributed by atoms with Gasteiger partial charge in [-0.15, -0.1) is 22.7 Å². The summed E-state index contributed by atoms with van der Waals surface area (Å²) in [6.07, 6.45) is 0.570. The minimum atomic E-state index is 0.449. The van der Waals surface area contributed by atoms with Gasteiger partial charge in [-0.05, 0) is 6.92 Å². The fourth-order valence-corrected chi connectivity index (χ4v) is 3.25. The van der Waals surface area contributed by atoms with Gasteiger partial charge in [-0.2, -0.15) is 4.98 Å². The largest absolute Gasteiger partial charge is 0.338 e. The van der Waals surface area contributed by atoms with Gasteiger partial charge in [0.1, 0.15) is 0 Å². The van der Waals surface area contributed by atoms with E-state index in [2.05, 4.69) is 34.0 Å². The molecule has 0 bridgehead atoms. The summed E-state index contributed by atoms with van der Waals surface area (Å²) in [7, 11) is 0. The van der Waals surface area contributed by atoms with E-state index in [4.69, 9.17) is 4.52 Å². The monoisotopic (exact) mass is 306 g/mol. The third-order valence-corrected chi connectivity index (χ3v) is 4.82. The van der Waals surface area contributed by atoms with Crippen LogP contribution < -0.4 is 0 Å². The minimum absolute atomic E-state index is 0.449. The van der Waals surface area contributed by atoms with Crippen LogP contribution in [-0.4, -0.2) is 20.1 Å². The Morgan fingerprint density at radius 2 is 2.00 bits per heavy atom. The molecule has 0 amide bonds. The number of hydrogen-bond acceptors (Lipinski definition) is 7. The van der Waals surface area contributed by atoms with E-state index in [0.29, 0.717) is 24.1 Å². The van der Waals surface area contributed by atoms with Crippen molar-refractivity contribution in [3.05, 3.63) is 33.0 Å². The van der Waals surface area contributed by atoms with Crippen LogP contribution in [0.5, 0.6) is 0 Å². The SMILES string of the molecule is Cc1csc(-c2noc(Cc3csc(C(C)C)n3)n2)n1. The van der Waals surface area contributed by atoms with Gasteiger partial charge >= 0.3 is 0 Å². The second-order valence-electron chi connectivity index (χ2n) is 4.81. The summed E-state index contributed by atoms with van der Waals surface area (Å²) in [5.74, 6) is 1.58. The molecular formula is C13H14N4OS2. The molecule has 0 aliphatic rings. The van der Waals surface area contributed by atoms with E-state index in [0.717, 1.165) is 21.4 Å². The molecule has 0 unspecified atom stereocenters. The zero-order chi connectivity index (χ0) is 14.1. The molecule has 0 atom stereocenters. The highest BCUT2D eigenvalue weighted by Gasteiger charge is 2.14. The van der Waals surface area contributed by atoms with Gasteiger partial charge in [-0.1, -0.05) is 19.0 Å². The molecule has 3 aromatic heterocycles. The van der Waals surface area contributed by atoms with E-state index in [1.807, 2.05) is 17.7 Å². The molecule has 5 nitrogen and oxygen atoms in total. The van der Waals surface area contributed by atoms with Crippen LogP contribution in [0.1, 0.15) is 42.1 Å². The van der Waals surface area contributed by atoms with Crippen LogP contribution in [-0.2, 0) is 6.42 Å². The first-order chi connectivity index (χ1) is 9.61. The smallest absolute Gasteiger partial charge is 0.233 e. The van der Waals surface area contributed by atoms with Crippen LogP contribution >= 0.6 is 22.7 Å². The lowest BCUT2D eigenvalue weighted by atomic mass is 10.2. The summed E-state index contributed by atoms with van der Waals surface area (Å²) in [5, 5.41) is 9.92. The van der Waals surface area contributed by atoms with E-state index in [1.54, 1.807) is 11.3 Å². The summed E-state index contributed by atoms with van der Waals surface area (Å²) in [5.41, 5.74) is 1.95. The van der Waals surface area contributed by atoms with E-state index in [9.17, 15) is 0 Å². The Morgan fingerprint density at radius 1 is 1.15 bits per heavy atom. The minimum Gasteiger partial charge on any atom is -0.338 e. The van der Waals surface area contributed by atoms with Gasteiger partial charge < -0.3 is 4.52 Å². The van der Waals surface area contributed by atoms with Crippen molar-refractivity contribution in [2.24, 2.45) is 0 Å². The normalized spacial score (nSPS) is 11.4. The van der Waals surface area contributed by atoms with Gasteiger partial charge in [0.2, 0.25) is 11.7 Å². The summed E-state index contributed by atoms with van der Waals surface area (Å²) >= 11 is 3.19. The molecule has 3 rings (SSSR count). The highest BCUT2D eigenvalue weighted by atomic mass is 32.1. The number of aromatic nitrogens is 4. The lowest BCUT2D eigenvalue weighted by Gasteiger charge is -1.95. The summed E-state index contributed by atoms with van der Waals surface area (Å²) < 4.78 is 5.27. The van der Waals surface area contributed by atoms with Crippen molar-refractivity contribution in [1.29, 1.82) is 0 Å². The van der Waals surface area contributed by atoms with Crippen molar-refractivity contribution in [2.75, 3.05) is 0 Å². The van der Waals surface area contributed by atoms with Gasteiger partial charge in [0.15, 0.2) is 5.01 Å². The van der Waals surface area contributed by atoms with Crippen LogP contribution in [0.15, 0.2) is 15.3 Å². The predicted molar refractivity (Wildman–Crippen MR) is 79.2 cm³/mol. The van der Waals surface area contributed by atoms with Gasteiger partial charge in [0, 0.05) is 22.4 Å². The Hall–Kier alpha value is -1.60. The quantitative estimate of drug-likeness (QED) is 0.735. The van der Waals surface area contributed by atoms with Crippen LogP contribution in [0.25, 0.3) is 10.8 Å². The Bertz CT molecular complexity index is 713. The third-order valence-electron chi connectivity index (χ3n) is 2.67. The zero-order valence-electron chi connectivity index (χ0n) is 11.5. The topological polar surface area (TPSA) is 64.7 Å². The Morgan fingerprint density at radius 3 is 2.65 bits per heavy atom. The maximum Gasteiger partial charge on any atom is 0.233 e. The molecular weight excluding hydrogens is 292 g/mol. The molecule has 0 saturated carbocycles. The molecule has 3 aromatic rings. The molecule has 104 valence electrons. The zero-order valence-corrected chi connectivity index (χ0v) is 13.1. The molecule has 0 aliphatic carbocycles.